The van der Waals surface area contributed by atoms with Crippen LogP contribution in [0.5, 0.6) is 0 Å². The van der Waals surface area contributed by atoms with Crippen molar-refractivity contribution in [1.29, 1.82) is 0 Å². The molecule has 0 radical (unpaired) electrons. The van der Waals surface area contributed by atoms with Gasteiger partial charge in [-0.05, 0) is 30.7 Å². The van der Waals surface area contributed by atoms with E-state index in [1.165, 1.54) is 32.2 Å². The third-order valence-electron chi connectivity index (χ3n) is 3.11. The lowest BCUT2D eigenvalue weighted by molar-refractivity contribution is -0.222. The van der Waals surface area contributed by atoms with E-state index in [0.29, 0.717) is 11.3 Å². The maximum atomic E-state index is 11.8. The molecule has 23 heavy (non-hydrogen) atoms. The Balaban J connectivity index is 2.24. The fraction of sp³-hybridized carbons (Fsp3) is 0.333. The normalized spacial score (nSPS) is 17.3. The zero-order chi connectivity index (χ0) is 17.4. The molecule has 0 aromatic heterocycles. The Hall–Kier alpha value is -2.35. The van der Waals surface area contributed by atoms with Crippen LogP contribution >= 0.6 is 0 Å². The van der Waals surface area contributed by atoms with E-state index in [4.69, 9.17) is 9.47 Å². The van der Waals surface area contributed by atoms with Gasteiger partial charge >= 0.3 is 11.9 Å². The highest BCUT2D eigenvalue weighted by Crippen LogP contribution is 2.24. The summed E-state index contributed by atoms with van der Waals surface area (Å²) < 4.78 is 32.9. The fourth-order valence-electron chi connectivity index (χ4n) is 1.96. The molecule has 0 spiro atoms. The van der Waals surface area contributed by atoms with Crippen LogP contribution in [0.2, 0.25) is 0 Å². The van der Waals surface area contributed by atoms with Gasteiger partial charge in [0.1, 0.15) is 0 Å². The smallest absolute Gasteiger partial charge is 0.350 e. The number of ether oxygens (including phenoxy) is 2. The fourth-order valence-corrected chi connectivity index (χ4v) is 2.66. The number of sulfone groups is 1. The molecule has 0 bridgehead atoms. The van der Waals surface area contributed by atoms with Crippen LogP contribution in [0, 0.1) is 6.92 Å². The van der Waals surface area contributed by atoms with Gasteiger partial charge in [-0.2, -0.15) is 0 Å². The number of benzene rings is 1. The Labute approximate surface area is 134 Å². The summed E-state index contributed by atoms with van der Waals surface area (Å²) in [6.45, 7) is 4.62. The van der Waals surface area contributed by atoms with Crippen LogP contribution in [0.4, 0.5) is 5.69 Å². The maximum Gasteiger partial charge on any atom is 0.350 e. The van der Waals surface area contributed by atoms with Gasteiger partial charge in [-0.3, -0.25) is 0 Å². The van der Waals surface area contributed by atoms with E-state index in [1.807, 2.05) is 0 Å². The summed E-state index contributed by atoms with van der Waals surface area (Å²) in [6, 6.07) is 4.48. The first kappa shape index (κ1) is 17.0. The van der Waals surface area contributed by atoms with Crippen molar-refractivity contribution in [2.24, 2.45) is 0 Å². The number of hydrogen-bond donors (Lipinski definition) is 1. The van der Waals surface area contributed by atoms with Crippen molar-refractivity contribution in [2.45, 2.75) is 31.5 Å². The van der Waals surface area contributed by atoms with E-state index in [0.717, 1.165) is 6.26 Å². The summed E-state index contributed by atoms with van der Waals surface area (Å²) in [5, 5.41) is 2.79. The molecule has 1 aliphatic heterocycles. The summed E-state index contributed by atoms with van der Waals surface area (Å²) in [5.74, 6) is -2.87. The van der Waals surface area contributed by atoms with Crippen LogP contribution in [0.1, 0.15) is 19.4 Å². The molecule has 2 rings (SSSR count). The molecule has 7 nitrogen and oxygen atoms in total. The van der Waals surface area contributed by atoms with E-state index in [2.05, 4.69) is 5.32 Å². The Morgan fingerprint density at radius 2 is 1.70 bits per heavy atom. The molecular formula is C15H17NO6S. The first-order valence-corrected chi connectivity index (χ1v) is 8.63. The van der Waals surface area contributed by atoms with Gasteiger partial charge in [-0.25, -0.2) is 18.0 Å². The largest absolute Gasteiger partial charge is 0.419 e. The van der Waals surface area contributed by atoms with Crippen molar-refractivity contribution in [3.8, 4) is 0 Å². The predicted molar refractivity (Wildman–Crippen MR) is 82.3 cm³/mol. The number of carbonyl (C=O) groups excluding carboxylic acids is 2. The number of anilines is 1. The van der Waals surface area contributed by atoms with Gasteiger partial charge in [0, 0.05) is 32.0 Å². The summed E-state index contributed by atoms with van der Waals surface area (Å²) in [6.07, 6.45) is 2.30. The minimum Gasteiger partial charge on any atom is -0.419 e. The number of rotatable bonds is 3. The van der Waals surface area contributed by atoms with Crippen LogP contribution in [-0.4, -0.2) is 32.4 Å². The predicted octanol–water partition coefficient (Wildman–Crippen LogP) is 1.53. The summed E-state index contributed by atoms with van der Waals surface area (Å²) >= 11 is 0. The number of cyclic esters (lactones) is 2. The third kappa shape index (κ3) is 3.89. The van der Waals surface area contributed by atoms with Crippen LogP contribution in [0.25, 0.3) is 0 Å². The lowest BCUT2D eigenvalue weighted by Crippen LogP contribution is -2.42. The maximum absolute atomic E-state index is 11.8. The summed E-state index contributed by atoms with van der Waals surface area (Å²) in [7, 11) is -3.30. The van der Waals surface area contributed by atoms with Gasteiger partial charge in [-0.1, -0.05) is 0 Å². The lowest BCUT2D eigenvalue weighted by atomic mass is 10.2. The molecule has 0 aliphatic carbocycles. The first-order chi connectivity index (χ1) is 10.5. The van der Waals surface area contributed by atoms with Crippen LogP contribution in [0.15, 0.2) is 34.9 Å². The van der Waals surface area contributed by atoms with Crippen LogP contribution in [0.3, 0.4) is 0 Å². The number of hydrogen-bond acceptors (Lipinski definition) is 7. The first-order valence-electron chi connectivity index (χ1n) is 6.74. The summed E-state index contributed by atoms with van der Waals surface area (Å²) in [4.78, 5) is 23.8. The minimum atomic E-state index is -3.30. The number of nitrogens with one attached hydrogen (secondary N) is 1. The van der Waals surface area contributed by atoms with Crippen molar-refractivity contribution in [2.75, 3.05) is 11.6 Å². The van der Waals surface area contributed by atoms with E-state index in [9.17, 15) is 18.0 Å². The quantitative estimate of drug-likeness (QED) is 0.506. The molecule has 1 aliphatic rings. The second-order valence-corrected chi connectivity index (χ2v) is 7.65. The molecule has 124 valence electrons. The monoisotopic (exact) mass is 339 g/mol. The van der Waals surface area contributed by atoms with Crippen molar-refractivity contribution < 1.29 is 27.5 Å². The Morgan fingerprint density at radius 1 is 1.13 bits per heavy atom. The number of carbonyl (C=O) groups is 2. The second kappa shape index (κ2) is 5.69. The molecule has 1 aromatic rings. The molecule has 1 heterocycles. The van der Waals surface area contributed by atoms with Crippen LogP contribution in [-0.2, 0) is 28.9 Å². The van der Waals surface area contributed by atoms with Gasteiger partial charge < -0.3 is 14.8 Å². The molecule has 1 fully saturated rings. The van der Waals surface area contributed by atoms with Crippen molar-refractivity contribution in [3.63, 3.8) is 0 Å². The zero-order valence-corrected chi connectivity index (χ0v) is 14.0. The van der Waals surface area contributed by atoms with Gasteiger partial charge in [-0.15, -0.1) is 0 Å². The van der Waals surface area contributed by atoms with Gasteiger partial charge in [0.2, 0.25) is 0 Å². The van der Waals surface area contributed by atoms with Crippen LogP contribution < -0.4 is 5.32 Å². The van der Waals surface area contributed by atoms with E-state index in [1.54, 1.807) is 13.0 Å². The number of esters is 2. The molecular weight excluding hydrogens is 322 g/mol. The van der Waals surface area contributed by atoms with E-state index >= 15 is 0 Å². The molecule has 0 amide bonds. The highest BCUT2D eigenvalue weighted by atomic mass is 32.2. The van der Waals surface area contributed by atoms with Gasteiger partial charge in [0.15, 0.2) is 15.4 Å². The zero-order valence-electron chi connectivity index (χ0n) is 13.2. The highest BCUT2D eigenvalue weighted by molar-refractivity contribution is 7.90. The highest BCUT2D eigenvalue weighted by Gasteiger charge is 2.38. The molecule has 0 atom stereocenters. The van der Waals surface area contributed by atoms with E-state index in [-0.39, 0.29) is 10.5 Å². The van der Waals surface area contributed by atoms with Crippen molar-refractivity contribution >= 4 is 27.5 Å². The van der Waals surface area contributed by atoms with Crippen molar-refractivity contribution in [3.05, 3.63) is 35.5 Å². The third-order valence-corrected chi connectivity index (χ3v) is 4.23. The second-order valence-electron chi connectivity index (χ2n) is 5.63. The molecule has 8 heteroatoms. The topological polar surface area (TPSA) is 98.8 Å². The van der Waals surface area contributed by atoms with Crippen molar-refractivity contribution in [1.82, 2.24) is 0 Å². The van der Waals surface area contributed by atoms with Gasteiger partial charge in [0.25, 0.3) is 5.79 Å². The molecule has 1 saturated heterocycles. The lowest BCUT2D eigenvalue weighted by Gasteiger charge is -2.29. The molecule has 1 N–H and O–H groups in total. The molecule has 0 saturated carbocycles. The van der Waals surface area contributed by atoms with E-state index < -0.39 is 27.6 Å². The Kier molecular flexibility index (Phi) is 4.21. The molecule has 1 aromatic carbocycles. The SMILES string of the molecule is Cc1cc(S(C)(=O)=O)ccc1NC=C1C(=O)OC(C)(C)OC1=O. The molecule has 0 unspecified atom stereocenters. The van der Waals surface area contributed by atoms with Gasteiger partial charge in [0.05, 0.1) is 4.90 Å². The standard InChI is InChI=1S/C15H17NO6S/c1-9-7-10(23(4,19)20)5-6-12(9)16-8-11-13(17)21-15(2,3)22-14(11)18/h5-8,16H,1-4H3. The number of aryl methyl sites for hydroxylation is 1. The summed E-state index contributed by atoms with van der Waals surface area (Å²) in [5.41, 5.74) is 0.925. The average molecular weight is 339 g/mol. The Morgan fingerprint density at radius 3 is 2.17 bits per heavy atom. The minimum absolute atomic E-state index is 0.187. The average Bonchev–Trinajstić information content (AvgIpc) is 2.36. The Bertz CT molecular complexity index is 785.